The van der Waals surface area contributed by atoms with Gasteiger partial charge in [-0.3, -0.25) is 4.79 Å². The minimum atomic E-state index is -0.474. The number of nitrogens with two attached hydrogens (primary N) is 1. The number of thioether (sulfide) groups is 1. The number of hydrogen-bond donors (Lipinski definition) is 3. The van der Waals surface area contributed by atoms with Crippen LogP contribution >= 0.6 is 11.8 Å². The fourth-order valence-corrected chi connectivity index (χ4v) is 2.98. The summed E-state index contributed by atoms with van der Waals surface area (Å²) in [5.41, 5.74) is 7.89. The van der Waals surface area contributed by atoms with Gasteiger partial charge in [0.1, 0.15) is 11.6 Å². The molecule has 0 fully saturated rings. The van der Waals surface area contributed by atoms with Crippen LogP contribution < -0.4 is 16.4 Å². The number of nitrogens with one attached hydrogen (secondary N) is 2. The maximum Gasteiger partial charge on any atom is 0.234 e. The van der Waals surface area contributed by atoms with Gasteiger partial charge in [0.05, 0.1) is 17.2 Å². The van der Waals surface area contributed by atoms with Gasteiger partial charge in [0, 0.05) is 5.69 Å². The molecule has 0 unspecified atom stereocenters. The van der Waals surface area contributed by atoms with Crippen molar-refractivity contribution in [3.63, 3.8) is 0 Å². The number of carbonyl (C=O) groups is 1. The van der Waals surface area contributed by atoms with Crippen LogP contribution in [0.15, 0.2) is 48.5 Å². The largest absolute Gasteiger partial charge is 0.368 e. The summed E-state index contributed by atoms with van der Waals surface area (Å²) in [6, 6.07) is 13.8. The lowest BCUT2D eigenvalue weighted by Gasteiger charge is -2.08. The SMILES string of the molecule is Cc1ccc(Nc2nc(N)nc(CSCC(=O)Nc3ccccc3F)n2)cc1. The summed E-state index contributed by atoms with van der Waals surface area (Å²) in [7, 11) is 0. The molecule has 28 heavy (non-hydrogen) atoms. The fraction of sp³-hybridized carbons (Fsp3) is 0.158. The summed E-state index contributed by atoms with van der Waals surface area (Å²) in [6.45, 7) is 2.00. The quantitative estimate of drug-likeness (QED) is 0.559. The first-order valence-electron chi connectivity index (χ1n) is 8.46. The summed E-state index contributed by atoms with van der Waals surface area (Å²) in [5.74, 6) is 0.582. The molecule has 3 aromatic rings. The topological polar surface area (TPSA) is 106 Å². The number of nitrogens with zero attached hydrogens (tertiary/aromatic N) is 3. The molecular weight excluding hydrogens is 379 g/mol. The van der Waals surface area contributed by atoms with Crippen molar-refractivity contribution in [1.82, 2.24) is 15.0 Å². The number of para-hydroxylation sites is 1. The number of nitrogen functional groups attached to an aromatic ring is 1. The third-order valence-corrected chi connectivity index (χ3v) is 4.55. The Kier molecular flexibility index (Phi) is 6.38. The molecule has 9 heteroatoms. The predicted octanol–water partition coefficient (Wildman–Crippen LogP) is 3.52. The highest BCUT2D eigenvalue weighted by atomic mass is 32.2. The fourth-order valence-electron chi connectivity index (χ4n) is 2.31. The average Bonchev–Trinajstić information content (AvgIpc) is 2.65. The summed E-state index contributed by atoms with van der Waals surface area (Å²) in [4.78, 5) is 24.5. The third kappa shape index (κ3) is 5.65. The van der Waals surface area contributed by atoms with E-state index in [0.717, 1.165) is 11.3 Å². The van der Waals surface area contributed by atoms with E-state index in [0.29, 0.717) is 17.5 Å². The van der Waals surface area contributed by atoms with E-state index in [1.54, 1.807) is 12.1 Å². The smallest absolute Gasteiger partial charge is 0.234 e. The van der Waals surface area contributed by atoms with Crippen molar-refractivity contribution in [1.29, 1.82) is 0 Å². The van der Waals surface area contributed by atoms with E-state index < -0.39 is 5.82 Å². The molecule has 7 nitrogen and oxygen atoms in total. The summed E-state index contributed by atoms with van der Waals surface area (Å²) >= 11 is 1.29. The Balaban J connectivity index is 1.55. The van der Waals surface area contributed by atoms with Crippen LogP contribution in [0.5, 0.6) is 0 Å². The standard InChI is InChI=1S/C19H19FN6OS/c1-12-6-8-13(9-7-12)22-19-25-16(24-18(21)26-19)10-28-11-17(27)23-15-5-3-2-4-14(15)20/h2-9H,10-11H2,1H3,(H,23,27)(H3,21,22,24,25,26). The Morgan fingerprint density at radius 1 is 1.11 bits per heavy atom. The summed E-state index contributed by atoms with van der Waals surface area (Å²) in [6.07, 6.45) is 0. The number of aromatic nitrogens is 3. The van der Waals surface area contributed by atoms with E-state index in [1.807, 2.05) is 31.2 Å². The maximum atomic E-state index is 13.6. The molecule has 0 spiro atoms. The van der Waals surface area contributed by atoms with Gasteiger partial charge >= 0.3 is 0 Å². The van der Waals surface area contributed by atoms with Crippen molar-refractivity contribution >= 4 is 40.9 Å². The van der Waals surface area contributed by atoms with E-state index in [2.05, 4.69) is 25.6 Å². The number of aryl methyl sites for hydroxylation is 1. The molecule has 0 bridgehead atoms. The second kappa shape index (κ2) is 9.14. The van der Waals surface area contributed by atoms with Crippen LogP contribution in [0.3, 0.4) is 0 Å². The van der Waals surface area contributed by atoms with Gasteiger partial charge in [-0.15, -0.1) is 11.8 Å². The molecule has 0 radical (unpaired) electrons. The Morgan fingerprint density at radius 3 is 2.61 bits per heavy atom. The van der Waals surface area contributed by atoms with E-state index in [-0.39, 0.29) is 23.3 Å². The molecular formula is C19H19FN6OS. The summed E-state index contributed by atoms with van der Waals surface area (Å²) < 4.78 is 13.6. The Hall–Kier alpha value is -3.20. The minimum absolute atomic E-state index is 0.0935. The highest BCUT2D eigenvalue weighted by Crippen LogP contribution is 2.17. The van der Waals surface area contributed by atoms with Gasteiger partial charge in [-0.1, -0.05) is 29.8 Å². The first-order chi connectivity index (χ1) is 13.5. The Bertz CT molecular complexity index is 967. The van der Waals surface area contributed by atoms with Crippen molar-refractivity contribution in [3.05, 3.63) is 65.7 Å². The zero-order chi connectivity index (χ0) is 19.9. The maximum absolute atomic E-state index is 13.6. The van der Waals surface area contributed by atoms with E-state index >= 15 is 0 Å². The molecule has 3 rings (SSSR count). The number of amides is 1. The number of hydrogen-bond acceptors (Lipinski definition) is 7. The predicted molar refractivity (Wildman–Crippen MR) is 110 cm³/mol. The normalized spacial score (nSPS) is 10.5. The highest BCUT2D eigenvalue weighted by Gasteiger charge is 2.09. The van der Waals surface area contributed by atoms with Gasteiger partial charge in [-0.25, -0.2) is 4.39 Å². The lowest BCUT2D eigenvalue weighted by Crippen LogP contribution is -2.15. The molecule has 0 aliphatic carbocycles. The van der Waals surface area contributed by atoms with E-state index in [4.69, 9.17) is 5.73 Å². The van der Waals surface area contributed by atoms with Gasteiger partial charge in [-0.05, 0) is 31.2 Å². The number of rotatable bonds is 7. The zero-order valence-corrected chi connectivity index (χ0v) is 16.0. The highest BCUT2D eigenvalue weighted by molar-refractivity contribution is 7.99. The Morgan fingerprint density at radius 2 is 1.86 bits per heavy atom. The molecule has 0 saturated carbocycles. The molecule has 1 heterocycles. The Labute approximate surface area is 166 Å². The van der Waals surface area contributed by atoms with E-state index in [1.165, 1.54) is 23.9 Å². The van der Waals surface area contributed by atoms with Crippen LogP contribution in [-0.4, -0.2) is 26.6 Å². The first-order valence-corrected chi connectivity index (χ1v) is 9.61. The van der Waals surface area contributed by atoms with Gasteiger partial charge in [0.15, 0.2) is 0 Å². The molecule has 0 saturated heterocycles. The summed E-state index contributed by atoms with van der Waals surface area (Å²) in [5, 5.41) is 5.61. The van der Waals surface area contributed by atoms with Crippen molar-refractivity contribution < 1.29 is 9.18 Å². The van der Waals surface area contributed by atoms with Crippen molar-refractivity contribution in [2.45, 2.75) is 12.7 Å². The molecule has 0 aliphatic heterocycles. The molecule has 144 valence electrons. The molecule has 2 aromatic carbocycles. The van der Waals surface area contributed by atoms with Crippen LogP contribution in [0, 0.1) is 12.7 Å². The van der Waals surface area contributed by atoms with Gasteiger partial charge in [-0.2, -0.15) is 15.0 Å². The second-order valence-corrected chi connectivity index (χ2v) is 6.93. The zero-order valence-electron chi connectivity index (χ0n) is 15.1. The lowest BCUT2D eigenvalue weighted by molar-refractivity contribution is -0.113. The monoisotopic (exact) mass is 398 g/mol. The molecule has 0 atom stereocenters. The van der Waals surface area contributed by atoms with Crippen LogP contribution in [-0.2, 0) is 10.5 Å². The van der Waals surface area contributed by atoms with Crippen LogP contribution in [0.4, 0.5) is 27.7 Å². The molecule has 0 aliphatic rings. The number of benzene rings is 2. The lowest BCUT2D eigenvalue weighted by atomic mass is 10.2. The van der Waals surface area contributed by atoms with Gasteiger partial charge < -0.3 is 16.4 Å². The number of halogens is 1. The van der Waals surface area contributed by atoms with E-state index in [9.17, 15) is 9.18 Å². The van der Waals surface area contributed by atoms with Crippen LogP contribution in [0.2, 0.25) is 0 Å². The van der Waals surface area contributed by atoms with Crippen LogP contribution in [0.25, 0.3) is 0 Å². The molecule has 1 amide bonds. The first kappa shape index (κ1) is 19.6. The van der Waals surface area contributed by atoms with Crippen molar-refractivity contribution in [3.8, 4) is 0 Å². The third-order valence-electron chi connectivity index (χ3n) is 3.62. The second-order valence-electron chi connectivity index (χ2n) is 5.95. The minimum Gasteiger partial charge on any atom is -0.368 e. The molecule has 4 N–H and O–H groups in total. The van der Waals surface area contributed by atoms with Crippen molar-refractivity contribution in [2.75, 3.05) is 22.1 Å². The number of anilines is 4. The average molecular weight is 398 g/mol. The van der Waals surface area contributed by atoms with Gasteiger partial charge in [0.2, 0.25) is 17.8 Å². The van der Waals surface area contributed by atoms with Crippen LogP contribution in [0.1, 0.15) is 11.4 Å². The number of carbonyl (C=O) groups excluding carboxylic acids is 1. The molecule has 1 aromatic heterocycles. The van der Waals surface area contributed by atoms with Gasteiger partial charge in [0.25, 0.3) is 0 Å². The van der Waals surface area contributed by atoms with Crippen molar-refractivity contribution in [2.24, 2.45) is 0 Å².